The number of likely N-dealkylation sites (N-methyl/N-ethyl adjacent to an activating group) is 1. The van der Waals surface area contributed by atoms with E-state index in [9.17, 15) is 8.78 Å². The van der Waals surface area contributed by atoms with E-state index in [-0.39, 0.29) is 5.56 Å². The van der Waals surface area contributed by atoms with Crippen LogP contribution in [0, 0.1) is 18.6 Å². The van der Waals surface area contributed by atoms with E-state index < -0.39 is 23.2 Å². The van der Waals surface area contributed by atoms with Crippen molar-refractivity contribution in [2.45, 2.75) is 46.2 Å². The Hall–Kier alpha value is -1.04. The molecular weight excluding hydrogens is 260 g/mol. The monoisotopic (exact) mass is 285 g/mol. The van der Waals surface area contributed by atoms with Gasteiger partial charge in [-0.3, -0.25) is 16.2 Å². The van der Waals surface area contributed by atoms with Gasteiger partial charge in [0.1, 0.15) is 0 Å². The predicted molar refractivity (Wildman–Crippen MR) is 78.2 cm³/mol. The van der Waals surface area contributed by atoms with Gasteiger partial charge in [-0.2, -0.15) is 0 Å². The van der Waals surface area contributed by atoms with E-state index in [1.54, 1.807) is 19.1 Å². The lowest BCUT2D eigenvalue weighted by molar-refractivity contribution is 0.0894. The number of hydrazine groups is 1. The lowest BCUT2D eigenvalue weighted by Gasteiger charge is -2.43. The molecule has 0 aliphatic rings. The Morgan fingerprint density at radius 1 is 1.20 bits per heavy atom. The highest BCUT2D eigenvalue weighted by Gasteiger charge is 2.36. The summed E-state index contributed by atoms with van der Waals surface area (Å²) in [6, 6.07) is 2.68. The van der Waals surface area contributed by atoms with Crippen LogP contribution < -0.4 is 11.3 Å². The van der Waals surface area contributed by atoms with E-state index in [1.807, 2.05) is 27.7 Å². The Morgan fingerprint density at radius 2 is 1.75 bits per heavy atom. The van der Waals surface area contributed by atoms with Crippen LogP contribution in [0.4, 0.5) is 8.78 Å². The van der Waals surface area contributed by atoms with Crippen LogP contribution in [-0.2, 0) is 0 Å². The number of nitrogens with zero attached hydrogens (tertiary/aromatic N) is 1. The number of nitrogens with two attached hydrogens (primary N) is 1. The third kappa shape index (κ3) is 3.00. The summed E-state index contributed by atoms with van der Waals surface area (Å²) in [4.78, 5) is 2.16. The van der Waals surface area contributed by atoms with E-state index in [4.69, 9.17) is 5.84 Å². The molecule has 1 unspecified atom stereocenters. The van der Waals surface area contributed by atoms with Crippen molar-refractivity contribution in [1.82, 2.24) is 10.3 Å². The first-order valence-corrected chi connectivity index (χ1v) is 6.96. The molecule has 3 N–H and O–H groups in total. The van der Waals surface area contributed by atoms with E-state index in [2.05, 4.69) is 10.3 Å². The molecule has 0 amide bonds. The summed E-state index contributed by atoms with van der Waals surface area (Å²) >= 11 is 0. The summed E-state index contributed by atoms with van der Waals surface area (Å²) in [6.07, 6.45) is 0. The van der Waals surface area contributed by atoms with Gasteiger partial charge >= 0.3 is 0 Å². The maximum atomic E-state index is 14.2. The van der Waals surface area contributed by atoms with Gasteiger partial charge in [0.2, 0.25) is 0 Å². The van der Waals surface area contributed by atoms with Crippen LogP contribution in [0.2, 0.25) is 0 Å². The maximum absolute atomic E-state index is 14.2. The van der Waals surface area contributed by atoms with Gasteiger partial charge < -0.3 is 0 Å². The maximum Gasteiger partial charge on any atom is 0.163 e. The van der Waals surface area contributed by atoms with Gasteiger partial charge in [0.15, 0.2) is 11.6 Å². The van der Waals surface area contributed by atoms with Crippen molar-refractivity contribution in [2.24, 2.45) is 5.84 Å². The molecule has 5 heteroatoms. The predicted octanol–water partition coefficient (Wildman–Crippen LogP) is 2.90. The lowest BCUT2D eigenvalue weighted by Crippen LogP contribution is -2.54. The Balaban J connectivity index is 3.29. The summed E-state index contributed by atoms with van der Waals surface area (Å²) in [5, 5.41) is 0. The van der Waals surface area contributed by atoms with Crippen LogP contribution in [0.3, 0.4) is 0 Å². The second kappa shape index (κ2) is 6.61. The van der Waals surface area contributed by atoms with Gasteiger partial charge in [0.25, 0.3) is 0 Å². The second-order valence-electron chi connectivity index (χ2n) is 5.53. The van der Waals surface area contributed by atoms with Crippen LogP contribution in [-0.4, -0.2) is 23.5 Å². The van der Waals surface area contributed by atoms with E-state index in [0.717, 1.165) is 13.1 Å². The Kier molecular flexibility index (Phi) is 5.62. The van der Waals surface area contributed by atoms with E-state index >= 15 is 0 Å². The van der Waals surface area contributed by atoms with Crippen LogP contribution in [0.1, 0.15) is 44.9 Å². The van der Waals surface area contributed by atoms with Gasteiger partial charge in [-0.05, 0) is 39.4 Å². The van der Waals surface area contributed by atoms with Crippen LogP contribution >= 0.6 is 0 Å². The first kappa shape index (κ1) is 17.0. The first-order chi connectivity index (χ1) is 9.31. The van der Waals surface area contributed by atoms with Crippen molar-refractivity contribution in [3.8, 4) is 0 Å². The van der Waals surface area contributed by atoms with E-state index in [0.29, 0.717) is 5.56 Å². The number of hydrogen-bond donors (Lipinski definition) is 2. The molecule has 0 radical (unpaired) electrons. The zero-order valence-electron chi connectivity index (χ0n) is 12.9. The molecule has 0 aliphatic carbocycles. The molecule has 0 heterocycles. The van der Waals surface area contributed by atoms with Crippen molar-refractivity contribution in [3.05, 3.63) is 34.9 Å². The molecule has 1 aromatic carbocycles. The summed E-state index contributed by atoms with van der Waals surface area (Å²) in [5.74, 6) is 4.00. The molecule has 0 aromatic heterocycles. The fraction of sp³-hybridized carbons (Fsp3) is 0.600. The number of benzene rings is 1. The smallest absolute Gasteiger partial charge is 0.163 e. The topological polar surface area (TPSA) is 41.3 Å². The second-order valence-corrected chi connectivity index (χ2v) is 5.53. The van der Waals surface area contributed by atoms with Gasteiger partial charge in [-0.15, -0.1) is 0 Å². The first-order valence-electron chi connectivity index (χ1n) is 6.96. The van der Waals surface area contributed by atoms with Gasteiger partial charge in [-0.25, -0.2) is 8.78 Å². The fourth-order valence-corrected chi connectivity index (χ4v) is 2.78. The average Bonchev–Trinajstić information content (AvgIpc) is 2.40. The van der Waals surface area contributed by atoms with Crippen LogP contribution in [0.5, 0.6) is 0 Å². The number of rotatable bonds is 6. The molecule has 0 saturated heterocycles. The Bertz CT molecular complexity index is 457. The quantitative estimate of drug-likeness (QED) is 0.624. The Labute approximate surface area is 120 Å². The molecule has 0 bridgehead atoms. The molecule has 20 heavy (non-hydrogen) atoms. The molecule has 1 rings (SSSR count). The highest BCUT2D eigenvalue weighted by Crippen LogP contribution is 2.33. The standard InChI is InChI=1S/C15H25F2N3/c1-6-20(7-2)15(4,5)14(19-18)11-9-8-10(3)12(16)13(11)17/h8-9,14,19H,6-7,18H2,1-5H3. The summed E-state index contributed by atoms with van der Waals surface area (Å²) < 4.78 is 28.0. The van der Waals surface area contributed by atoms with Crippen LogP contribution in [0.15, 0.2) is 12.1 Å². The van der Waals surface area contributed by atoms with Crippen molar-refractivity contribution in [3.63, 3.8) is 0 Å². The molecule has 0 aliphatic heterocycles. The summed E-state index contributed by atoms with van der Waals surface area (Å²) in [5.41, 5.74) is 2.75. The van der Waals surface area contributed by atoms with Crippen molar-refractivity contribution < 1.29 is 8.78 Å². The van der Waals surface area contributed by atoms with Gasteiger partial charge in [-0.1, -0.05) is 26.0 Å². The largest absolute Gasteiger partial charge is 0.297 e. The van der Waals surface area contributed by atoms with Crippen molar-refractivity contribution in [2.75, 3.05) is 13.1 Å². The molecular formula is C15H25F2N3. The minimum absolute atomic E-state index is 0.257. The fourth-order valence-electron chi connectivity index (χ4n) is 2.78. The van der Waals surface area contributed by atoms with E-state index in [1.165, 1.54) is 0 Å². The van der Waals surface area contributed by atoms with Crippen LogP contribution in [0.25, 0.3) is 0 Å². The molecule has 0 fully saturated rings. The number of hydrogen-bond acceptors (Lipinski definition) is 3. The third-order valence-corrected chi connectivity index (χ3v) is 4.07. The zero-order valence-corrected chi connectivity index (χ0v) is 12.9. The molecule has 1 atom stereocenters. The van der Waals surface area contributed by atoms with Gasteiger partial charge in [0, 0.05) is 11.1 Å². The molecule has 0 spiro atoms. The molecule has 0 saturated carbocycles. The van der Waals surface area contributed by atoms with Crippen molar-refractivity contribution in [1.29, 1.82) is 0 Å². The lowest BCUT2D eigenvalue weighted by atomic mass is 9.86. The Morgan fingerprint density at radius 3 is 2.20 bits per heavy atom. The minimum atomic E-state index is -0.826. The summed E-state index contributed by atoms with van der Waals surface area (Å²) in [7, 11) is 0. The van der Waals surface area contributed by atoms with Gasteiger partial charge in [0.05, 0.1) is 6.04 Å². The number of nitrogens with one attached hydrogen (secondary N) is 1. The highest BCUT2D eigenvalue weighted by molar-refractivity contribution is 5.30. The molecule has 114 valence electrons. The van der Waals surface area contributed by atoms with Crippen molar-refractivity contribution >= 4 is 0 Å². The SMILES string of the molecule is CCN(CC)C(C)(C)C(NN)c1ccc(C)c(F)c1F. The highest BCUT2D eigenvalue weighted by atomic mass is 19.2. The number of halogens is 2. The summed E-state index contributed by atoms with van der Waals surface area (Å²) in [6.45, 7) is 11.2. The number of aryl methyl sites for hydroxylation is 1. The normalized spacial score (nSPS) is 13.8. The zero-order chi connectivity index (χ0) is 15.5. The molecule has 3 nitrogen and oxygen atoms in total. The third-order valence-electron chi connectivity index (χ3n) is 4.07. The molecule has 1 aromatic rings. The minimum Gasteiger partial charge on any atom is -0.297 e. The average molecular weight is 285 g/mol.